The van der Waals surface area contributed by atoms with Gasteiger partial charge in [-0.2, -0.15) is 13.2 Å². The summed E-state index contributed by atoms with van der Waals surface area (Å²) in [5, 5.41) is 9.13. The van der Waals surface area contributed by atoms with E-state index in [2.05, 4.69) is 9.97 Å². The molecule has 0 atom stereocenters. The van der Waals surface area contributed by atoms with Crippen molar-refractivity contribution in [3.63, 3.8) is 0 Å². The highest BCUT2D eigenvalue weighted by Crippen LogP contribution is 2.36. The Hall–Kier alpha value is -3.82. The number of carboxylic acids is 1. The zero-order valence-electron chi connectivity index (χ0n) is 16.3. The number of benzene rings is 2. The second kappa shape index (κ2) is 9.33. The van der Waals surface area contributed by atoms with Crippen LogP contribution in [0, 0.1) is 0 Å². The maximum atomic E-state index is 12.5. The smallest absolute Gasteiger partial charge is 0.422 e. The average Bonchev–Trinajstić information content (AvgIpc) is 2.76. The number of ether oxygens (including phenoxy) is 2. The molecule has 0 bridgehead atoms. The predicted molar refractivity (Wildman–Crippen MR) is 106 cm³/mol. The number of alkyl halides is 3. The first-order valence-electron chi connectivity index (χ1n) is 8.99. The van der Waals surface area contributed by atoms with E-state index >= 15 is 0 Å². The van der Waals surface area contributed by atoms with Crippen molar-refractivity contribution in [1.29, 1.82) is 0 Å². The number of hydrogen-bond donors (Lipinski definition) is 1. The van der Waals surface area contributed by atoms with Crippen LogP contribution in [-0.2, 0) is 6.54 Å². The minimum atomic E-state index is -4.48. The Morgan fingerprint density at radius 1 is 1.03 bits per heavy atom. The third-order valence-electron chi connectivity index (χ3n) is 4.23. The van der Waals surface area contributed by atoms with Crippen molar-refractivity contribution in [1.82, 2.24) is 9.97 Å². The number of aromatic nitrogens is 2. The summed E-state index contributed by atoms with van der Waals surface area (Å²) in [5.74, 6) is -0.978. The lowest BCUT2D eigenvalue weighted by atomic mass is 10.1. The Morgan fingerprint density at radius 3 is 2.26 bits per heavy atom. The molecule has 0 spiro atoms. The van der Waals surface area contributed by atoms with Gasteiger partial charge in [0.1, 0.15) is 6.33 Å². The van der Waals surface area contributed by atoms with E-state index in [4.69, 9.17) is 14.6 Å². The van der Waals surface area contributed by atoms with E-state index in [0.717, 1.165) is 5.56 Å². The Bertz CT molecular complexity index is 1030. The molecule has 3 aromatic rings. The van der Waals surface area contributed by atoms with E-state index in [9.17, 15) is 18.0 Å². The topological polar surface area (TPSA) is 84.8 Å². The third kappa shape index (κ3) is 5.84. The maximum Gasteiger partial charge on any atom is 0.422 e. The maximum absolute atomic E-state index is 12.5. The molecule has 10 heteroatoms. The van der Waals surface area contributed by atoms with Gasteiger partial charge in [-0.05, 0) is 36.4 Å². The van der Waals surface area contributed by atoms with Gasteiger partial charge in [0.2, 0.25) is 0 Å². The fourth-order valence-electron chi connectivity index (χ4n) is 2.81. The zero-order valence-corrected chi connectivity index (χ0v) is 16.3. The van der Waals surface area contributed by atoms with E-state index in [1.807, 2.05) is 4.90 Å². The lowest BCUT2D eigenvalue weighted by Crippen LogP contribution is -2.20. The fourth-order valence-corrected chi connectivity index (χ4v) is 2.81. The van der Waals surface area contributed by atoms with Crippen molar-refractivity contribution in [3.05, 3.63) is 72.3 Å². The number of nitrogens with zero attached hydrogens (tertiary/aromatic N) is 3. The zero-order chi connectivity index (χ0) is 22.4. The Balaban J connectivity index is 1.97. The first-order valence-corrected chi connectivity index (χ1v) is 8.99. The van der Waals surface area contributed by atoms with Gasteiger partial charge in [0.25, 0.3) is 0 Å². The van der Waals surface area contributed by atoms with Crippen molar-refractivity contribution in [2.24, 2.45) is 0 Å². The van der Waals surface area contributed by atoms with Gasteiger partial charge in [-0.3, -0.25) is 0 Å². The minimum Gasteiger partial charge on any atom is -0.493 e. The lowest BCUT2D eigenvalue weighted by molar-refractivity contribution is -0.153. The molecule has 0 saturated carbocycles. The number of halogens is 3. The molecule has 2 aromatic carbocycles. The monoisotopic (exact) mass is 433 g/mol. The summed E-state index contributed by atoms with van der Waals surface area (Å²) in [6, 6.07) is 10.7. The Morgan fingerprint density at radius 2 is 1.68 bits per heavy atom. The first-order chi connectivity index (χ1) is 14.8. The van der Waals surface area contributed by atoms with Crippen LogP contribution in [-0.4, -0.2) is 40.9 Å². The quantitative estimate of drug-likeness (QED) is 0.561. The summed E-state index contributed by atoms with van der Waals surface area (Å²) >= 11 is 0. The summed E-state index contributed by atoms with van der Waals surface area (Å²) in [5.41, 5.74) is 2.13. The van der Waals surface area contributed by atoms with Crippen LogP contribution in [0.5, 0.6) is 11.5 Å². The summed E-state index contributed by atoms with van der Waals surface area (Å²) < 4.78 is 47.6. The number of carbonyl (C=O) groups is 1. The van der Waals surface area contributed by atoms with Crippen LogP contribution in [0.25, 0.3) is 0 Å². The fraction of sp³-hybridized carbons (Fsp3) is 0.190. The number of hydrogen-bond acceptors (Lipinski definition) is 6. The van der Waals surface area contributed by atoms with Crippen molar-refractivity contribution < 1.29 is 32.5 Å². The van der Waals surface area contributed by atoms with Gasteiger partial charge < -0.3 is 19.5 Å². The molecular formula is C21H18F3N3O4. The predicted octanol–water partition coefficient (Wildman–Crippen LogP) is 4.46. The summed E-state index contributed by atoms with van der Waals surface area (Å²) in [7, 11) is 1.33. The van der Waals surface area contributed by atoms with Gasteiger partial charge in [0.05, 0.1) is 19.2 Å². The second-order valence-corrected chi connectivity index (χ2v) is 6.42. The van der Waals surface area contributed by atoms with Crippen LogP contribution in [0.1, 0.15) is 15.9 Å². The highest BCUT2D eigenvalue weighted by Gasteiger charge is 2.29. The molecule has 1 heterocycles. The minimum absolute atomic E-state index is 0.0483. The molecular weight excluding hydrogens is 415 g/mol. The molecule has 0 amide bonds. The molecule has 7 nitrogen and oxygen atoms in total. The molecule has 0 fully saturated rings. The van der Waals surface area contributed by atoms with Gasteiger partial charge >= 0.3 is 12.1 Å². The average molecular weight is 433 g/mol. The third-order valence-corrected chi connectivity index (χ3v) is 4.23. The molecule has 0 aliphatic rings. The van der Waals surface area contributed by atoms with Crippen LogP contribution in [0.2, 0.25) is 0 Å². The number of rotatable bonds is 8. The summed E-state index contributed by atoms with van der Waals surface area (Å²) in [6.07, 6.45) is 0.174. The van der Waals surface area contributed by atoms with Crippen molar-refractivity contribution in [2.45, 2.75) is 12.7 Å². The number of methoxy groups -OCH3 is 1. The highest BCUT2D eigenvalue weighted by molar-refractivity contribution is 5.88. The van der Waals surface area contributed by atoms with E-state index in [-0.39, 0.29) is 17.1 Å². The first kappa shape index (κ1) is 21.9. The Labute approximate surface area is 175 Å². The van der Waals surface area contributed by atoms with E-state index < -0.39 is 18.8 Å². The molecule has 0 aliphatic heterocycles. The SMILES string of the molecule is COc1cc(N(Cc2cncnc2)c2ccc(C(=O)O)cc2)ccc1OCC(F)(F)F. The van der Waals surface area contributed by atoms with Crippen LogP contribution in [0.15, 0.2) is 61.2 Å². The lowest BCUT2D eigenvalue weighted by Gasteiger charge is -2.26. The molecule has 162 valence electrons. The van der Waals surface area contributed by atoms with E-state index in [1.165, 1.54) is 31.6 Å². The van der Waals surface area contributed by atoms with Gasteiger partial charge in [-0.1, -0.05) is 0 Å². The van der Waals surface area contributed by atoms with Crippen LogP contribution in [0.4, 0.5) is 24.5 Å². The van der Waals surface area contributed by atoms with Gasteiger partial charge in [0.15, 0.2) is 18.1 Å². The van der Waals surface area contributed by atoms with Gasteiger partial charge in [-0.15, -0.1) is 0 Å². The van der Waals surface area contributed by atoms with Crippen LogP contribution >= 0.6 is 0 Å². The second-order valence-electron chi connectivity index (χ2n) is 6.42. The normalized spacial score (nSPS) is 11.1. The number of carboxylic acid groups (broad SMARTS) is 1. The molecule has 0 saturated heterocycles. The van der Waals surface area contributed by atoms with Crippen molar-refractivity contribution in [3.8, 4) is 11.5 Å². The standard InChI is InChI=1S/C21H18F3N3O4/c1-30-19-8-17(6-7-18(19)31-12-21(22,23)24)27(11-14-9-25-13-26-10-14)16-4-2-15(3-5-16)20(28)29/h2-10,13H,11-12H2,1H3,(H,28,29). The molecule has 3 rings (SSSR count). The molecule has 0 radical (unpaired) electrons. The van der Waals surface area contributed by atoms with E-state index in [0.29, 0.717) is 17.9 Å². The molecule has 0 aliphatic carbocycles. The number of anilines is 2. The summed E-state index contributed by atoms with van der Waals surface area (Å²) in [4.78, 5) is 21.0. The largest absolute Gasteiger partial charge is 0.493 e. The molecule has 1 N–H and O–H groups in total. The van der Waals surface area contributed by atoms with E-state index in [1.54, 1.807) is 36.7 Å². The molecule has 1 aromatic heterocycles. The van der Waals surface area contributed by atoms with Gasteiger partial charge in [-0.25, -0.2) is 14.8 Å². The Kier molecular flexibility index (Phi) is 6.58. The van der Waals surface area contributed by atoms with Crippen LogP contribution < -0.4 is 14.4 Å². The summed E-state index contributed by atoms with van der Waals surface area (Å²) in [6.45, 7) is -1.12. The van der Waals surface area contributed by atoms with Crippen molar-refractivity contribution >= 4 is 17.3 Å². The number of aromatic carboxylic acids is 1. The molecule has 0 unspecified atom stereocenters. The van der Waals surface area contributed by atoms with Crippen molar-refractivity contribution in [2.75, 3.05) is 18.6 Å². The molecule has 31 heavy (non-hydrogen) atoms. The van der Waals surface area contributed by atoms with Gasteiger partial charge in [0, 0.05) is 35.4 Å². The highest BCUT2D eigenvalue weighted by atomic mass is 19.4. The van der Waals surface area contributed by atoms with Crippen LogP contribution in [0.3, 0.4) is 0 Å².